The van der Waals surface area contributed by atoms with E-state index in [0.717, 1.165) is 5.69 Å². The molecule has 8 nitrogen and oxygen atoms in total. The number of anilines is 4. The topological polar surface area (TPSA) is 113 Å². The third-order valence-corrected chi connectivity index (χ3v) is 5.50. The van der Waals surface area contributed by atoms with Crippen molar-refractivity contribution in [1.29, 1.82) is 0 Å². The molecule has 1 fully saturated rings. The summed E-state index contributed by atoms with van der Waals surface area (Å²) in [6, 6.07) is 8.83. The number of rotatable bonds is 5. The number of carbonyl (C=O) groups excluding carboxylic acids is 1. The van der Waals surface area contributed by atoms with E-state index in [1.54, 1.807) is 18.2 Å². The van der Waals surface area contributed by atoms with Gasteiger partial charge in [0.05, 0.1) is 11.5 Å². The second kappa shape index (κ2) is 7.06. The van der Waals surface area contributed by atoms with Gasteiger partial charge in [0.1, 0.15) is 18.0 Å². The van der Waals surface area contributed by atoms with Crippen LogP contribution in [0.2, 0.25) is 0 Å². The number of hydrogen-bond donors (Lipinski definition) is 3. The number of nitrogens with zero attached hydrogens (tertiary/aromatic N) is 2. The van der Waals surface area contributed by atoms with Crippen LogP contribution in [-0.2, 0) is 14.6 Å². The largest absolute Gasteiger partial charge is 0.366 e. The normalized spacial score (nSPS) is 18.5. The van der Waals surface area contributed by atoms with Crippen LogP contribution in [0.3, 0.4) is 0 Å². The van der Waals surface area contributed by atoms with Crippen molar-refractivity contribution in [2.45, 2.75) is 19.4 Å². The molecule has 1 aliphatic heterocycles. The zero-order chi connectivity index (χ0) is 17.9. The summed E-state index contributed by atoms with van der Waals surface area (Å²) in [6.45, 7) is 1.46. The summed E-state index contributed by atoms with van der Waals surface area (Å²) in [4.78, 5) is 19.3. The molecule has 1 saturated heterocycles. The Morgan fingerprint density at radius 2 is 1.80 bits per heavy atom. The standard InChI is InChI=1S/C16H19N5O3S/c1-11(22)19-12-2-4-13(5-3-12)20-15-8-16(18-10-17-15)21-14-6-7-25(23,24)9-14/h2-5,8,10,14H,6-7,9H2,1H3,(H,19,22)(H2,17,18,20,21). The SMILES string of the molecule is CC(=O)Nc1ccc(Nc2cc(NC3CCS(=O)(=O)C3)ncn2)cc1. The van der Waals surface area contributed by atoms with Crippen LogP contribution in [0.15, 0.2) is 36.7 Å². The highest BCUT2D eigenvalue weighted by Crippen LogP contribution is 2.20. The second-order valence-corrected chi connectivity index (χ2v) is 8.15. The number of nitrogens with one attached hydrogen (secondary N) is 3. The lowest BCUT2D eigenvalue weighted by atomic mass is 10.2. The fraction of sp³-hybridized carbons (Fsp3) is 0.312. The third kappa shape index (κ3) is 4.90. The van der Waals surface area contributed by atoms with Crippen molar-refractivity contribution in [3.8, 4) is 0 Å². The van der Waals surface area contributed by atoms with E-state index in [9.17, 15) is 13.2 Å². The van der Waals surface area contributed by atoms with E-state index in [4.69, 9.17) is 0 Å². The average Bonchev–Trinajstić information content (AvgIpc) is 2.88. The predicted octanol–water partition coefficient (Wildman–Crippen LogP) is 1.78. The number of benzene rings is 1. The van der Waals surface area contributed by atoms with E-state index >= 15 is 0 Å². The molecule has 9 heteroatoms. The van der Waals surface area contributed by atoms with Gasteiger partial charge >= 0.3 is 0 Å². The van der Waals surface area contributed by atoms with Crippen LogP contribution in [0.4, 0.5) is 23.0 Å². The van der Waals surface area contributed by atoms with Crippen molar-refractivity contribution < 1.29 is 13.2 Å². The van der Waals surface area contributed by atoms with Crippen molar-refractivity contribution in [1.82, 2.24) is 9.97 Å². The average molecular weight is 361 g/mol. The van der Waals surface area contributed by atoms with Gasteiger partial charge in [-0.05, 0) is 30.7 Å². The maximum atomic E-state index is 11.5. The van der Waals surface area contributed by atoms with Gasteiger partial charge in [-0.3, -0.25) is 4.79 Å². The number of hydrogen-bond acceptors (Lipinski definition) is 7. The molecule has 0 saturated carbocycles. The maximum Gasteiger partial charge on any atom is 0.221 e. The lowest BCUT2D eigenvalue weighted by Crippen LogP contribution is -2.21. The molecule has 0 bridgehead atoms. The molecular weight excluding hydrogens is 342 g/mol. The molecule has 3 N–H and O–H groups in total. The zero-order valence-electron chi connectivity index (χ0n) is 13.7. The van der Waals surface area contributed by atoms with E-state index in [0.29, 0.717) is 23.7 Å². The Labute approximate surface area is 146 Å². The van der Waals surface area contributed by atoms with E-state index in [1.807, 2.05) is 12.1 Å². The summed E-state index contributed by atoms with van der Waals surface area (Å²) in [5, 5.41) is 8.98. The Balaban J connectivity index is 1.64. The minimum Gasteiger partial charge on any atom is -0.366 e. The molecule has 2 heterocycles. The fourth-order valence-corrected chi connectivity index (χ4v) is 4.28. The summed E-state index contributed by atoms with van der Waals surface area (Å²) < 4.78 is 23.0. The highest BCUT2D eigenvalue weighted by Gasteiger charge is 2.27. The number of sulfone groups is 1. The first-order valence-electron chi connectivity index (χ1n) is 7.83. The van der Waals surface area contributed by atoms with Crippen LogP contribution in [0.25, 0.3) is 0 Å². The summed E-state index contributed by atoms with van der Waals surface area (Å²) in [5.74, 6) is 1.38. The minimum absolute atomic E-state index is 0.121. The van der Waals surface area contributed by atoms with Gasteiger partial charge in [0.15, 0.2) is 9.84 Å². The smallest absolute Gasteiger partial charge is 0.221 e. The lowest BCUT2D eigenvalue weighted by molar-refractivity contribution is -0.114. The van der Waals surface area contributed by atoms with Crippen LogP contribution in [0.5, 0.6) is 0 Å². The highest BCUT2D eigenvalue weighted by atomic mass is 32.2. The van der Waals surface area contributed by atoms with Gasteiger partial charge in [-0.25, -0.2) is 18.4 Å². The molecule has 0 aliphatic carbocycles. The Bertz CT molecular complexity index is 868. The molecule has 1 aromatic heterocycles. The van der Waals surface area contributed by atoms with Gasteiger partial charge < -0.3 is 16.0 Å². The number of carbonyl (C=O) groups is 1. The molecule has 132 valence electrons. The van der Waals surface area contributed by atoms with Gasteiger partial charge in [-0.2, -0.15) is 0 Å². The Hall–Kier alpha value is -2.68. The van der Waals surface area contributed by atoms with E-state index < -0.39 is 9.84 Å². The lowest BCUT2D eigenvalue weighted by Gasteiger charge is -2.12. The molecule has 3 rings (SSSR count). The summed E-state index contributed by atoms with van der Waals surface area (Å²) in [6.07, 6.45) is 2.00. The van der Waals surface area contributed by atoms with Crippen LogP contribution in [-0.4, -0.2) is 41.8 Å². The van der Waals surface area contributed by atoms with Crippen molar-refractivity contribution in [2.75, 3.05) is 27.5 Å². The Morgan fingerprint density at radius 1 is 1.12 bits per heavy atom. The fourth-order valence-electron chi connectivity index (χ4n) is 2.61. The zero-order valence-corrected chi connectivity index (χ0v) is 14.5. The molecular formula is C16H19N5O3S. The molecule has 2 aromatic rings. The molecule has 25 heavy (non-hydrogen) atoms. The minimum atomic E-state index is -2.94. The quantitative estimate of drug-likeness (QED) is 0.744. The first-order valence-corrected chi connectivity index (χ1v) is 9.65. The summed E-state index contributed by atoms with van der Waals surface area (Å²) >= 11 is 0. The van der Waals surface area contributed by atoms with Gasteiger partial charge in [0.2, 0.25) is 5.91 Å². The van der Waals surface area contributed by atoms with Gasteiger partial charge in [-0.15, -0.1) is 0 Å². The molecule has 1 unspecified atom stereocenters. The summed E-state index contributed by atoms with van der Waals surface area (Å²) in [5.41, 5.74) is 1.52. The Morgan fingerprint density at radius 3 is 2.44 bits per heavy atom. The van der Waals surface area contributed by atoms with Crippen LogP contribution in [0.1, 0.15) is 13.3 Å². The van der Waals surface area contributed by atoms with Gasteiger partial charge in [-0.1, -0.05) is 0 Å². The van der Waals surface area contributed by atoms with Crippen LogP contribution < -0.4 is 16.0 Å². The van der Waals surface area contributed by atoms with Crippen molar-refractivity contribution in [3.63, 3.8) is 0 Å². The third-order valence-electron chi connectivity index (χ3n) is 3.73. The van der Waals surface area contributed by atoms with Gasteiger partial charge in [0, 0.05) is 30.4 Å². The number of aromatic nitrogens is 2. The van der Waals surface area contributed by atoms with E-state index in [-0.39, 0.29) is 23.5 Å². The number of amides is 1. The summed E-state index contributed by atoms with van der Waals surface area (Å²) in [7, 11) is -2.94. The Kier molecular flexibility index (Phi) is 4.84. The maximum absolute atomic E-state index is 11.5. The highest BCUT2D eigenvalue weighted by molar-refractivity contribution is 7.91. The predicted molar refractivity (Wildman–Crippen MR) is 96.7 cm³/mol. The monoisotopic (exact) mass is 361 g/mol. The molecule has 1 aromatic carbocycles. The van der Waals surface area contributed by atoms with Crippen LogP contribution in [0, 0.1) is 0 Å². The van der Waals surface area contributed by atoms with Gasteiger partial charge in [0.25, 0.3) is 0 Å². The van der Waals surface area contributed by atoms with E-state index in [2.05, 4.69) is 25.9 Å². The van der Waals surface area contributed by atoms with Crippen molar-refractivity contribution in [2.24, 2.45) is 0 Å². The molecule has 0 spiro atoms. The first-order chi connectivity index (χ1) is 11.9. The molecule has 1 amide bonds. The van der Waals surface area contributed by atoms with Crippen molar-refractivity contribution >= 4 is 38.8 Å². The second-order valence-electron chi connectivity index (χ2n) is 5.92. The molecule has 1 aliphatic rings. The van der Waals surface area contributed by atoms with E-state index in [1.165, 1.54) is 13.3 Å². The van der Waals surface area contributed by atoms with Crippen molar-refractivity contribution in [3.05, 3.63) is 36.7 Å². The molecule has 0 radical (unpaired) electrons. The van der Waals surface area contributed by atoms with Crippen LogP contribution >= 0.6 is 0 Å². The molecule has 1 atom stereocenters. The first kappa shape index (κ1) is 17.2.